The molecular weight excluding hydrogens is 544 g/mol. The Hall–Kier alpha value is 3.45. The van der Waals surface area contributed by atoms with E-state index in [4.69, 9.17) is 0 Å². The van der Waals surface area contributed by atoms with E-state index in [1.807, 2.05) is 0 Å². The van der Waals surface area contributed by atoms with Crippen molar-refractivity contribution < 1.29 is 81.7 Å². The standard InChI is InChI=1S/4Pd.Sn.2H. The molecule has 0 aromatic carbocycles. The molecule has 0 nitrogen and oxygen atoms in total. The molecule has 5 heteroatoms. The van der Waals surface area contributed by atoms with Crippen LogP contribution in [-0.2, 0) is 81.7 Å². The summed E-state index contributed by atoms with van der Waals surface area (Å²) < 4.78 is 0. The molecule has 0 N–H and O–H groups in total. The van der Waals surface area contributed by atoms with Crippen molar-refractivity contribution in [3.8, 4) is 0 Å². The molecule has 0 aliphatic carbocycles. The predicted molar refractivity (Wildman–Crippen MR) is 8.54 cm³/mol. The first-order valence-corrected chi connectivity index (χ1v) is 0. The molecule has 0 bridgehead atoms. The van der Waals surface area contributed by atoms with Gasteiger partial charge in [0, 0.05) is 81.7 Å². The molecule has 0 saturated heterocycles. The maximum absolute atomic E-state index is 0. The summed E-state index contributed by atoms with van der Waals surface area (Å²) in [5, 5.41) is 0. The average molecular weight is 546 g/mol. The molecule has 0 aliphatic rings. The molecule has 0 saturated carbocycles. The Morgan fingerprint density at radius 2 is 0.400 bits per heavy atom. The van der Waals surface area contributed by atoms with Crippen molar-refractivity contribution in [1.29, 1.82) is 0 Å². The van der Waals surface area contributed by atoms with Crippen molar-refractivity contribution in [1.82, 2.24) is 0 Å². The Morgan fingerprint density at radius 1 is 0.400 bits per heavy atom. The second kappa shape index (κ2) is 26.0. The van der Waals surface area contributed by atoms with Crippen molar-refractivity contribution >= 4 is 23.9 Å². The molecule has 0 heterocycles. The van der Waals surface area contributed by atoms with E-state index in [0.717, 1.165) is 0 Å². The van der Waals surface area contributed by atoms with Crippen LogP contribution in [0.4, 0.5) is 0 Å². The average Bonchev–Trinajstić information content (AvgIpc) is 0. The van der Waals surface area contributed by atoms with Gasteiger partial charge < -0.3 is 0 Å². The fraction of sp³-hybridized carbons (Fsp3) is 0. The molecular formula is H2Pd4Sn. The van der Waals surface area contributed by atoms with Crippen LogP contribution >= 0.6 is 0 Å². The van der Waals surface area contributed by atoms with Gasteiger partial charge in [-0.1, -0.05) is 0 Å². The van der Waals surface area contributed by atoms with Gasteiger partial charge in [0.2, 0.25) is 0 Å². The zero-order valence-electron chi connectivity index (χ0n) is 1.97. The molecule has 0 atom stereocenters. The van der Waals surface area contributed by atoms with E-state index in [9.17, 15) is 0 Å². The Labute approximate surface area is 104 Å². The first kappa shape index (κ1) is 39.4. The van der Waals surface area contributed by atoms with E-state index in [2.05, 4.69) is 0 Å². The van der Waals surface area contributed by atoms with Crippen molar-refractivity contribution in [2.45, 2.75) is 0 Å². The SMILES string of the molecule is [Pd].[Pd].[Pd].[Pd].[SnH2]. The minimum atomic E-state index is 0. The Bertz CT molecular complexity index is 3.61. The second-order valence-electron chi connectivity index (χ2n) is 0. The minimum absolute atomic E-state index is 0. The topological polar surface area (TPSA) is 0 Å². The zero-order valence-corrected chi connectivity index (χ0v) is 12.2. The summed E-state index contributed by atoms with van der Waals surface area (Å²) in [6, 6.07) is 0. The van der Waals surface area contributed by atoms with Crippen molar-refractivity contribution in [3.63, 3.8) is 0 Å². The molecule has 2 radical (unpaired) electrons. The fourth-order valence-corrected chi connectivity index (χ4v) is 0. The molecule has 0 aliphatic heterocycles. The number of hydrogen-bond donors (Lipinski definition) is 0. The van der Waals surface area contributed by atoms with Crippen LogP contribution in [0.2, 0.25) is 0 Å². The maximum atomic E-state index is 0. The van der Waals surface area contributed by atoms with Crippen LogP contribution in [0, 0.1) is 0 Å². The summed E-state index contributed by atoms with van der Waals surface area (Å²) in [5.74, 6) is 0. The molecule has 0 amide bonds. The molecule has 0 spiro atoms. The first-order valence-electron chi connectivity index (χ1n) is 0. The van der Waals surface area contributed by atoms with E-state index >= 15 is 0 Å². The molecule has 0 aromatic rings. The van der Waals surface area contributed by atoms with Crippen LogP contribution in [0.3, 0.4) is 0 Å². The van der Waals surface area contributed by atoms with Gasteiger partial charge in [0.1, 0.15) is 0 Å². The Morgan fingerprint density at radius 3 is 0.400 bits per heavy atom. The first-order chi connectivity index (χ1) is 0. The third kappa shape index (κ3) is 18.6. The van der Waals surface area contributed by atoms with E-state index in [1.54, 1.807) is 0 Å². The predicted octanol–water partition coefficient (Wildman–Crippen LogP) is -0.926. The zero-order chi connectivity index (χ0) is 0. The van der Waals surface area contributed by atoms with E-state index in [0.29, 0.717) is 0 Å². The second-order valence-corrected chi connectivity index (χ2v) is 0. The summed E-state index contributed by atoms with van der Waals surface area (Å²) in [6.07, 6.45) is 0. The number of hydrogen-bond acceptors (Lipinski definition) is 0. The summed E-state index contributed by atoms with van der Waals surface area (Å²) >= 11 is 0. The van der Waals surface area contributed by atoms with Gasteiger partial charge >= 0.3 is 23.9 Å². The van der Waals surface area contributed by atoms with Gasteiger partial charge in [0.25, 0.3) is 0 Å². The molecule has 0 rings (SSSR count). The molecule has 46 valence electrons. The van der Waals surface area contributed by atoms with Crippen LogP contribution in [0.5, 0.6) is 0 Å². The van der Waals surface area contributed by atoms with Gasteiger partial charge in [0.05, 0.1) is 0 Å². The third-order valence-electron chi connectivity index (χ3n) is 0. The van der Waals surface area contributed by atoms with Gasteiger partial charge in [-0.15, -0.1) is 0 Å². The summed E-state index contributed by atoms with van der Waals surface area (Å²) in [5.41, 5.74) is 0. The van der Waals surface area contributed by atoms with E-state index in [1.165, 1.54) is 0 Å². The van der Waals surface area contributed by atoms with E-state index < -0.39 is 0 Å². The van der Waals surface area contributed by atoms with Gasteiger partial charge in [-0.05, 0) is 0 Å². The van der Waals surface area contributed by atoms with Gasteiger partial charge in [-0.2, -0.15) is 0 Å². The van der Waals surface area contributed by atoms with Crippen molar-refractivity contribution in [2.75, 3.05) is 0 Å². The molecule has 5 heavy (non-hydrogen) atoms. The van der Waals surface area contributed by atoms with Crippen LogP contribution in [0.1, 0.15) is 0 Å². The monoisotopic (exact) mass is 546 g/mol. The van der Waals surface area contributed by atoms with Crippen LogP contribution < -0.4 is 0 Å². The van der Waals surface area contributed by atoms with Crippen molar-refractivity contribution in [2.24, 2.45) is 0 Å². The van der Waals surface area contributed by atoms with Gasteiger partial charge in [0.15, 0.2) is 0 Å². The van der Waals surface area contributed by atoms with Crippen molar-refractivity contribution in [3.05, 3.63) is 0 Å². The summed E-state index contributed by atoms with van der Waals surface area (Å²) in [7, 11) is 0. The quantitative estimate of drug-likeness (QED) is 0.345. The Balaban J connectivity index is 0. The normalized spacial score (nSPS) is 0. The Kier molecular flexibility index (Phi) is 205. The van der Waals surface area contributed by atoms with Crippen LogP contribution in [0.15, 0.2) is 0 Å². The van der Waals surface area contributed by atoms with Crippen LogP contribution in [0.25, 0.3) is 0 Å². The summed E-state index contributed by atoms with van der Waals surface area (Å²) in [4.78, 5) is 0. The fourth-order valence-electron chi connectivity index (χ4n) is 0. The van der Waals surface area contributed by atoms with Crippen LogP contribution in [-0.4, -0.2) is 23.9 Å². The third-order valence-corrected chi connectivity index (χ3v) is 0. The van der Waals surface area contributed by atoms with E-state index in [-0.39, 0.29) is 106 Å². The van der Waals surface area contributed by atoms with Gasteiger partial charge in [-0.3, -0.25) is 0 Å². The molecule has 0 unspecified atom stereocenters. The van der Waals surface area contributed by atoms with Gasteiger partial charge in [-0.25, -0.2) is 0 Å². The molecule has 0 fully saturated rings. The summed E-state index contributed by atoms with van der Waals surface area (Å²) in [6.45, 7) is 0. The molecule has 0 aromatic heterocycles. The number of rotatable bonds is 0.